The standard InChI is InChI=1S/C17H22N6O2S/c1-4-12(3)23-14(8-9-18-23)19-15(24)11-26-17-21-20-16(22(17)5-2)13-7-6-10-25-13/h6-10,12H,4-5,11H2,1-3H3,(H,19,24). The Balaban J connectivity index is 1.65. The molecule has 3 rings (SSSR count). The number of carbonyl (C=O) groups is 1. The molecule has 0 radical (unpaired) electrons. The van der Waals surface area contributed by atoms with E-state index in [9.17, 15) is 4.79 Å². The fourth-order valence-electron chi connectivity index (χ4n) is 2.52. The van der Waals surface area contributed by atoms with Crippen molar-refractivity contribution >= 4 is 23.5 Å². The Morgan fingerprint density at radius 1 is 1.35 bits per heavy atom. The summed E-state index contributed by atoms with van der Waals surface area (Å²) in [5.41, 5.74) is 0. The van der Waals surface area contributed by atoms with Crippen LogP contribution < -0.4 is 5.32 Å². The number of nitrogens with zero attached hydrogens (tertiary/aromatic N) is 5. The van der Waals surface area contributed by atoms with Crippen molar-refractivity contribution in [1.29, 1.82) is 0 Å². The van der Waals surface area contributed by atoms with Crippen molar-refractivity contribution in [3.63, 3.8) is 0 Å². The third kappa shape index (κ3) is 3.82. The molecule has 3 aromatic rings. The summed E-state index contributed by atoms with van der Waals surface area (Å²) in [6.45, 7) is 6.84. The van der Waals surface area contributed by atoms with Crippen LogP contribution in [-0.2, 0) is 11.3 Å². The van der Waals surface area contributed by atoms with Crippen molar-refractivity contribution in [3.05, 3.63) is 30.7 Å². The van der Waals surface area contributed by atoms with Crippen LogP contribution in [0.5, 0.6) is 0 Å². The third-order valence-corrected chi connectivity index (χ3v) is 5.02. The number of carbonyl (C=O) groups excluding carboxylic acids is 1. The van der Waals surface area contributed by atoms with E-state index >= 15 is 0 Å². The molecular weight excluding hydrogens is 352 g/mol. The lowest BCUT2D eigenvalue weighted by Gasteiger charge is -2.14. The van der Waals surface area contributed by atoms with Gasteiger partial charge in [-0.1, -0.05) is 18.7 Å². The number of aromatic nitrogens is 5. The van der Waals surface area contributed by atoms with Gasteiger partial charge in [-0.05, 0) is 32.4 Å². The summed E-state index contributed by atoms with van der Waals surface area (Å²) in [7, 11) is 0. The highest BCUT2D eigenvalue weighted by molar-refractivity contribution is 7.99. The van der Waals surface area contributed by atoms with Crippen molar-refractivity contribution in [1.82, 2.24) is 24.5 Å². The van der Waals surface area contributed by atoms with Crippen molar-refractivity contribution in [2.45, 2.75) is 44.9 Å². The van der Waals surface area contributed by atoms with Crippen LogP contribution in [-0.4, -0.2) is 36.2 Å². The summed E-state index contributed by atoms with van der Waals surface area (Å²) < 4.78 is 9.15. The maximum Gasteiger partial charge on any atom is 0.235 e. The lowest BCUT2D eigenvalue weighted by molar-refractivity contribution is -0.113. The zero-order valence-corrected chi connectivity index (χ0v) is 15.9. The van der Waals surface area contributed by atoms with Gasteiger partial charge < -0.3 is 9.73 Å². The summed E-state index contributed by atoms with van der Waals surface area (Å²) in [5, 5.41) is 16.2. The van der Waals surface area contributed by atoms with Gasteiger partial charge in [0.15, 0.2) is 16.7 Å². The Morgan fingerprint density at radius 3 is 2.88 bits per heavy atom. The molecule has 1 atom stereocenters. The molecule has 0 aliphatic heterocycles. The zero-order chi connectivity index (χ0) is 18.5. The van der Waals surface area contributed by atoms with Gasteiger partial charge in [-0.15, -0.1) is 10.2 Å². The van der Waals surface area contributed by atoms with Gasteiger partial charge in [0.2, 0.25) is 5.91 Å². The second-order valence-electron chi connectivity index (χ2n) is 5.78. The minimum Gasteiger partial charge on any atom is -0.461 e. The molecule has 8 nitrogen and oxygen atoms in total. The first-order valence-electron chi connectivity index (χ1n) is 8.57. The predicted octanol–water partition coefficient (Wildman–Crippen LogP) is 3.46. The molecule has 1 unspecified atom stereocenters. The van der Waals surface area contributed by atoms with E-state index in [0.29, 0.717) is 29.1 Å². The summed E-state index contributed by atoms with van der Waals surface area (Å²) >= 11 is 1.35. The molecule has 1 amide bonds. The molecule has 0 aliphatic rings. The number of amides is 1. The predicted molar refractivity (Wildman–Crippen MR) is 100.0 cm³/mol. The molecule has 0 bridgehead atoms. The zero-order valence-electron chi connectivity index (χ0n) is 15.0. The first-order chi connectivity index (χ1) is 12.6. The van der Waals surface area contributed by atoms with Crippen LogP contribution in [0, 0.1) is 0 Å². The lowest BCUT2D eigenvalue weighted by atomic mass is 10.3. The molecule has 3 aromatic heterocycles. The average Bonchev–Trinajstić information content (AvgIpc) is 3.38. The molecule has 138 valence electrons. The normalized spacial score (nSPS) is 12.3. The summed E-state index contributed by atoms with van der Waals surface area (Å²) in [6.07, 6.45) is 4.23. The topological polar surface area (TPSA) is 90.8 Å². The molecule has 0 fully saturated rings. The van der Waals surface area contributed by atoms with Crippen molar-refractivity contribution in [2.24, 2.45) is 0 Å². The minimum atomic E-state index is -0.106. The Bertz CT molecular complexity index is 855. The number of anilines is 1. The molecule has 0 saturated heterocycles. The first-order valence-corrected chi connectivity index (χ1v) is 9.55. The van der Waals surface area contributed by atoms with Crippen molar-refractivity contribution in [3.8, 4) is 11.6 Å². The fraction of sp³-hybridized carbons (Fsp3) is 0.412. The number of hydrogen-bond acceptors (Lipinski definition) is 6. The van der Waals surface area contributed by atoms with E-state index in [1.807, 2.05) is 28.3 Å². The van der Waals surface area contributed by atoms with E-state index in [1.165, 1.54) is 11.8 Å². The van der Waals surface area contributed by atoms with Gasteiger partial charge >= 0.3 is 0 Å². The Morgan fingerprint density at radius 2 is 2.19 bits per heavy atom. The van der Waals surface area contributed by atoms with Gasteiger partial charge in [0.1, 0.15) is 5.82 Å². The Labute approximate surface area is 156 Å². The number of hydrogen-bond donors (Lipinski definition) is 1. The second kappa shape index (κ2) is 8.22. The molecule has 0 aliphatic carbocycles. The monoisotopic (exact) mass is 374 g/mol. The summed E-state index contributed by atoms with van der Waals surface area (Å²) in [4.78, 5) is 12.3. The van der Waals surface area contributed by atoms with Crippen LogP contribution in [0.25, 0.3) is 11.6 Å². The lowest BCUT2D eigenvalue weighted by Crippen LogP contribution is -2.19. The first kappa shape index (κ1) is 18.2. The quantitative estimate of drug-likeness (QED) is 0.607. The maximum absolute atomic E-state index is 12.3. The van der Waals surface area contributed by atoms with Gasteiger partial charge in [-0.25, -0.2) is 4.68 Å². The van der Waals surface area contributed by atoms with E-state index in [-0.39, 0.29) is 17.7 Å². The van der Waals surface area contributed by atoms with Crippen LogP contribution >= 0.6 is 11.8 Å². The van der Waals surface area contributed by atoms with Crippen molar-refractivity contribution < 1.29 is 9.21 Å². The number of rotatable bonds is 8. The molecule has 0 saturated carbocycles. The second-order valence-corrected chi connectivity index (χ2v) is 6.73. The van der Waals surface area contributed by atoms with E-state index in [0.717, 1.165) is 6.42 Å². The summed E-state index contributed by atoms with van der Waals surface area (Å²) in [5.74, 6) is 2.16. The molecule has 0 spiro atoms. The Kier molecular flexibility index (Phi) is 5.77. The van der Waals surface area contributed by atoms with Crippen LogP contribution in [0.2, 0.25) is 0 Å². The molecule has 26 heavy (non-hydrogen) atoms. The highest BCUT2D eigenvalue weighted by Crippen LogP contribution is 2.24. The van der Waals surface area contributed by atoms with Crippen LogP contribution in [0.3, 0.4) is 0 Å². The summed E-state index contributed by atoms with van der Waals surface area (Å²) in [6, 6.07) is 5.68. The molecular formula is C17H22N6O2S. The van der Waals surface area contributed by atoms with Crippen molar-refractivity contribution in [2.75, 3.05) is 11.1 Å². The van der Waals surface area contributed by atoms with Crippen LogP contribution in [0.1, 0.15) is 33.2 Å². The van der Waals surface area contributed by atoms with Gasteiger partial charge in [-0.3, -0.25) is 9.36 Å². The number of thioether (sulfide) groups is 1. The highest BCUT2D eigenvalue weighted by atomic mass is 32.2. The minimum absolute atomic E-state index is 0.106. The Hall–Kier alpha value is -2.55. The molecule has 9 heteroatoms. The average molecular weight is 374 g/mol. The van der Waals surface area contributed by atoms with E-state index in [2.05, 4.69) is 34.5 Å². The van der Waals surface area contributed by atoms with Gasteiger partial charge in [0.25, 0.3) is 0 Å². The SMILES string of the molecule is CCC(C)n1nccc1NC(=O)CSc1nnc(-c2ccco2)n1CC. The van der Waals surface area contributed by atoms with Gasteiger partial charge in [-0.2, -0.15) is 5.10 Å². The molecule has 0 aromatic carbocycles. The van der Waals surface area contributed by atoms with Crippen LogP contribution in [0.15, 0.2) is 40.2 Å². The van der Waals surface area contributed by atoms with E-state index < -0.39 is 0 Å². The molecule has 1 N–H and O–H groups in total. The van der Waals surface area contributed by atoms with Crippen LogP contribution in [0.4, 0.5) is 5.82 Å². The molecule has 3 heterocycles. The van der Waals surface area contributed by atoms with E-state index in [4.69, 9.17) is 4.42 Å². The van der Waals surface area contributed by atoms with Gasteiger partial charge in [0.05, 0.1) is 24.3 Å². The number of nitrogens with one attached hydrogen (secondary N) is 1. The third-order valence-electron chi connectivity index (χ3n) is 4.05. The highest BCUT2D eigenvalue weighted by Gasteiger charge is 2.17. The van der Waals surface area contributed by atoms with E-state index in [1.54, 1.807) is 18.5 Å². The fourth-order valence-corrected chi connectivity index (χ4v) is 3.32. The largest absolute Gasteiger partial charge is 0.461 e. The number of furan rings is 1. The smallest absolute Gasteiger partial charge is 0.235 e. The van der Waals surface area contributed by atoms with Gasteiger partial charge in [0, 0.05) is 12.6 Å². The maximum atomic E-state index is 12.3.